The zero-order valence-electron chi connectivity index (χ0n) is 29.3. The Bertz CT molecular complexity index is 1590. The summed E-state index contributed by atoms with van der Waals surface area (Å²) in [4.78, 5) is 80.7. The highest BCUT2D eigenvalue weighted by molar-refractivity contribution is 5.98. The minimum Gasteiger partial charge on any atom is -0.469 e. The Morgan fingerprint density at radius 3 is 2.20 bits per heavy atom. The van der Waals surface area contributed by atoms with E-state index in [4.69, 9.17) is 9.25 Å². The number of ether oxygens (including phenoxy) is 2. The number of hydrogen-bond acceptors (Lipinski definition) is 10. The van der Waals surface area contributed by atoms with Gasteiger partial charge in [0.15, 0.2) is 5.76 Å². The van der Waals surface area contributed by atoms with Crippen LogP contribution in [0.5, 0.6) is 0 Å². The molecule has 0 aliphatic rings. The number of esters is 2. The number of rotatable bonds is 21. The van der Waals surface area contributed by atoms with Crippen molar-refractivity contribution in [2.24, 2.45) is 5.92 Å². The lowest BCUT2D eigenvalue weighted by Crippen LogP contribution is -2.48. The maximum absolute atomic E-state index is 13.5. The largest absolute Gasteiger partial charge is 0.469 e. The zero-order chi connectivity index (χ0) is 37.2. The van der Waals surface area contributed by atoms with Crippen molar-refractivity contribution < 1.29 is 47.5 Å². The second-order valence-corrected chi connectivity index (χ2v) is 11.6. The highest BCUT2D eigenvalue weighted by atomic mass is 16.7. The molecule has 3 aromatic rings. The van der Waals surface area contributed by atoms with E-state index in [0.29, 0.717) is 30.6 Å². The summed E-state index contributed by atoms with van der Waals surface area (Å²) in [7, 11) is 2.31. The lowest BCUT2D eigenvalue weighted by molar-refractivity contribution is -0.201. The molecule has 3 N–H and O–H groups in total. The van der Waals surface area contributed by atoms with Crippen LogP contribution in [-0.2, 0) is 40.1 Å². The van der Waals surface area contributed by atoms with Gasteiger partial charge in [-0.3, -0.25) is 28.8 Å². The van der Waals surface area contributed by atoms with E-state index in [9.17, 15) is 28.8 Å². The van der Waals surface area contributed by atoms with Gasteiger partial charge in [0.25, 0.3) is 11.8 Å². The minimum atomic E-state index is -1.23. The number of benzene rings is 2. The molecule has 3 atom stereocenters. The van der Waals surface area contributed by atoms with E-state index in [1.807, 2.05) is 44.2 Å². The van der Waals surface area contributed by atoms with Crippen LogP contribution in [0.15, 0.2) is 71.1 Å². The zero-order valence-corrected chi connectivity index (χ0v) is 29.3. The normalized spacial score (nSPS) is 12.5. The lowest BCUT2D eigenvalue weighted by Gasteiger charge is -2.33. The van der Waals surface area contributed by atoms with Gasteiger partial charge in [0.1, 0.15) is 18.4 Å². The van der Waals surface area contributed by atoms with Crippen molar-refractivity contribution in [2.45, 2.75) is 71.1 Å². The van der Waals surface area contributed by atoms with Gasteiger partial charge in [0.2, 0.25) is 12.3 Å². The topological polar surface area (TPSA) is 183 Å². The van der Waals surface area contributed by atoms with Crippen LogP contribution in [0.4, 0.5) is 0 Å². The predicted molar refractivity (Wildman–Crippen MR) is 185 cm³/mol. The fraction of sp³-hybridized carbons (Fsp3) is 0.405. The van der Waals surface area contributed by atoms with Crippen molar-refractivity contribution in [3.05, 3.63) is 83.6 Å². The molecule has 0 bridgehead atoms. The van der Waals surface area contributed by atoms with Crippen LogP contribution in [0, 0.1) is 5.92 Å². The van der Waals surface area contributed by atoms with Gasteiger partial charge in [0.05, 0.1) is 39.3 Å². The van der Waals surface area contributed by atoms with E-state index in [2.05, 4.69) is 25.4 Å². The third-order valence-electron chi connectivity index (χ3n) is 8.07. The van der Waals surface area contributed by atoms with Gasteiger partial charge >= 0.3 is 11.9 Å². The van der Waals surface area contributed by atoms with E-state index in [1.165, 1.54) is 30.4 Å². The molecule has 1 heterocycles. The summed E-state index contributed by atoms with van der Waals surface area (Å²) in [6.45, 7) is 4.00. The number of methoxy groups -OCH3 is 2. The van der Waals surface area contributed by atoms with Crippen LogP contribution in [0.2, 0.25) is 0 Å². The van der Waals surface area contributed by atoms with E-state index in [1.54, 1.807) is 18.2 Å². The van der Waals surface area contributed by atoms with Crippen molar-refractivity contribution in [1.29, 1.82) is 0 Å². The Balaban J connectivity index is 1.60. The van der Waals surface area contributed by atoms with Crippen molar-refractivity contribution >= 4 is 36.1 Å². The molecule has 3 rings (SSSR count). The molecule has 1 aromatic heterocycles. The Morgan fingerprint density at radius 2 is 1.57 bits per heavy atom. The first-order chi connectivity index (χ1) is 24.6. The minimum absolute atomic E-state index is 0.00219. The first-order valence-corrected chi connectivity index (χ1v) is 16.8. The second kappa shape index (κ2) is 20.9. The number of hydroxylamine groups is 2. The first-order valence-electron chi connectivity index (χ1n) is 16.8. The fourth-order valence-corrected chi connectivity index (χ4v) is 5.31. The Hall–Kier alpha value is -5.50. The van der Waals surface area contributed by atoms with Gasteiger partial charge in [-0.2, -0.15) is 0 Å². The molecular weight excluding hydrogens is 660 g/mol. The van der Waals surface area contributed by atoms with Crippen LogP contribution in [-0.4, -0.2) is 74.1 Å². The van der Waals surface area contributed by atoms with Gasteiger partial charge in [-0.05, 0) is 42.7 Å². The molecule has 0 saturated heterocycles. The monoisotopic (exact) mass is 706 g/mol. The summed E-state index contributed by atoms with van der Waals surface area (Å²) in [6.07, 6.45) is 3.64. The van der Waals surface area contributed by atoms with Crippen LogP contribution in [0.1, 0.15) is 78.8 Å². The number of hydrogen-bond donors (Lipinski definition) is 3. The van der Waals surface area contributed by atoms with Crippen LogP contribution < -0.4 is 16.0 Å². The van der Waals surface area contributed by atoms with Gasteiger partial charge < -0.3 is 29.8 Å². The SMILES string of the molecule is CCCC[C@@H](C(=O)NCNC(=O)c1ccc(-c2ccc(C(=O)N[C@@H](CC(=O)OC)C(=O)OC)cc2)o1)[C@@H](CCC)N(C=O)OCc1ccccc1. The average molecular weight is 707 g/mol. The van der Waals surface area contributed by atoms with Crippen molar-refractivity contribution in [3.8, 4) is 11.3 Å². The quantitative estimate of drug-likeness (QED) is 0.0630. The smallest absolute Gasteiger partial charge is 0.328 e. The number of carbonyl (C=O) groups is 6. The summed E-state index contributed by atoms with van der Waals surface area (Å²) < 4.78 is 15.0. The molecule has 0 aliphatic carbocycles. The third kappa shape index (κ3) is 12.1. The summed E-state index contributed by atoms with van der Waals surface area (Å²) in [5.41, 5.74) is 1.66. The van der Waals surface area contributed by atoms with Crippen LogP contribution in [0.3, 0.4) is 0 Å². The molecule has 2 aromatic carbocycles. The summed E-state index contributed by atoms with van der Waals surface area (Å²) in [5, 5.41) is 9.11. The van der Waals surface area contributed by atoms with Gasteiger partial charge in [-0.1, -0.05) is 75.6 Å². The highest BCUT2D eigenvalue weighted by Gasteiger charge is 2.32. The molecule has 0 unspecified atom stereocenters. The standard InChI is InChI=1S/C37H46N4O10/c1-5-7-14-28(30(11-6-2)41(24-42)50-22-25-12-9-8-10-13-25)35(45)38-23-39-36(46)32-20-19-31(51-32)26-15-17-27(18-16-26)34(44)40-29(37(47)49-4)21-33(43)48-3/h8-10,12-13,15-20,24,28-30H,5-7,11,14,21-23H2,1-4H3,(H,38,45)(H,39,46)(H,40,44)/t28-,29+,30-/m1/s1. The number of furan rings is 1. The molecular formula is C37H46N4O10. The van der Waals surface area contributed by atoms with E-state index in [0.717, 1.165) is 31.9 Å². The molecule has 0 saturated carbocycles. The number of nitrogens with zero attached hydrogens (tertiary/aromatic N) is 1. The molecule has 0 fully saturated rings. The number of nitrogens with one attached hydrogen (secondary N) is 3. The lowest BCUT2D eigenvalue weighted by atomic mass is 9.90. The summed E-state index contributed by atoms with van der Waals surface area (Å²) in [5.74, 6) is -3.20. The maximum Gasteiger partial charge on any atom is 0.328 e. The number of amides is 4. The molecule has 274 valence electrons. The predicted octanol–water partition coefficient (Wildman–Crippen LogP) is 4.15. The highest BCUT2D eigenvalue weighted by Crippen LogP contribution is 2.24. The Kier molecular flexibility index (Phi) is 16.4. The number of carbonyl (C=O) groups excluding carboxylic acids is 6. The molecule has 0 aliphatic heterocycles. The van der Waals surface area contributed by atoms with Gasteiger partial charge in [-0.25, -0.2) is 9.86 Å². The van der Waals surface area contributed by atoms with Gasteiger partial charge in [-0.15, -0.1) is 0 Å². The number of unbranched alkanes of at least 4 members (excludes halogenated alkanes) is 1. The molecule has 0 radical (unpaired) electrons. The summed E-state index contributed by atoms with van der Waals surface area (Å²) in [6, 6.07) is 17.0. The average Bonchev–Trinajstić information content (AvgIpc) is 3.65. The molecule has 14 heteroatoms. The summed E-state index contributed by atoms with van der Waals surface area (Å²) >= 11 is 0. The van der Waals surface area contributed by atoms with Crippen molar-refractivity contribution in [3.63, 3.8) is 0 Å². The Morgan fingerprint density at radius 1 is 0.843 bits per heavy atom. The second-order valence-electron chi connectivity index (χ2n) is 11.6. The molecule has 4 amide bonds. The van der Waals surface area contributed by atoms with E-state index < -0.39 is 48.2 Å². The first kappa shape index (κ1) is 39.9. The fourth-order valence-electron chi connectivity index (χ4n) is 5.31. The molecule has 14 nitrogen and oxygen atoms in total. The van der Waals surface area contributed by atoms with E-state index in [-0.39, 0.29) is 30.5 Å². The van der Waals surface area contributed by atoms with Crippen LogP contribution >= 0.6 is 0 Å². The third-order valence-corrected chi connectivity index (χ3v) is 8.07. The Labute approximate surface area is 297 Å². The van der Waals surface area contributed by atoms with Gasteiger partial charge in [0, 0.05) is 11.1 Å². The van der Waals surface area contributed by atoms with Crippen LogP contribution in [0.25, 0.3) is 11.3 Å². The molecule has 0 spiro atoms. The van der Waals surface area contributed by atoms with Crippen molar-refractivity contribution in [2.75, 3.05) is 20.9 Å². The van der Waals surface area contributed by atoms with E-state index >= 15 is 0 Å². The maximum atomic E-state index is 13.5. The molecule has 51 heavy (non-hydrogen) atoms. The van der Waals surface area contributed by atoms with Crippen molar-refractivity contribution in [1.82, 2.24) is 21.0 Å².